The number of amides is 2. The molecule has 2 N–H and O–H groups in total. The van der Waals surface area contributed by atoms with Crippen LogP contribution in [0.1, 0.15) is 45.4 Å². The van der Waals surface area contributed by atoms with E-state index in [1.54, 1.807) is 16.2 Å². The number of aliphatic hydroxyl groups excluding tert-OH is 1. The normalized spacial score (nSPS) is 20.3. The number of aromatic nitrogens is 1. The number of hydrogen-bond donors (Lipinski definition) is 2. The number of rotatable bonds is 5. The summed E-state index contributed by atoms with van der Waals surface area (Å²) >= 11 is 1.61. The molecule has 1 aliphatic rings. The van der Waals surface area contributed by atoms with Crippen LogP contribution in [0.4, 0.5) is 0 Å². The van der Waals surface area contributed by atoms with Crippen LogP contribution >= 0.6 is 11.3 Å². The average molecular weight is 430 g/mol. The minimum atomic E-state index is -0.668. The third-order valence-electron chi connectivity index (χ3n) is 5.96. The lowest BCUT2D eigenvalue weighted by molar-refractivity contribution is -0.144. The van der Waals surface area contributed by atoms with Crippen molar-refractivity contribution in [3.63, 3.8) is 0 Å². The van der Waals surface area contributed by atoms with Crippen LogP contribution in [-0.4, -0.2) is 45.5 Å². The highest BCUT2D eigenvalue weighted by Crippen LogP contribution is 2.30. The van der Waals surface area contributed by atoms with Crippen molar-refractivity contribution in [1.82, 2.24) is 15.2 Å². The van der Waals surface area contributed by atoms with Crippen molar-refractivity contribution in [3.8, 4) is 10.4 Å². The van der Waals surface area contributed by atoms with Gasteiger partial charge in [0.25, 0.3) is 0 Å². The van der Waals surface area contributed by atoms with Crippen LogP contribution < -0.4 is 5.32 Å². The van der Waals surface area contributed by atoms with Gasteiger partial charge in [0.05, 0.1) is 22.2 Å². The fraction of sp³-hybridized carbons (Fsp3) is 0.522. The first-order valence-corrected chi connectivity index (χ1v) is 11.2. The largest absolute Gasteiger partial charge is 0.391 e. The third kappa shape index (κ3) is 4.90. The molecule has 1 fully saturated rings. The van der Waals surface area contributed by atoms with E-state index in [4.69, 9.17) is 0 Å². The second kappa shape index (κ2) is 8.86. The molecule has 162 valence electrons. The molecular weight excluding hydrogens is 398 g/mol. The summed E-state index contributed by atoms with van der Waals surface area (Å²) in [6, 6.07) is 7.41. The number of likely N-dealkylation sites (tertiary alicyclic amines) is 1. The zero-order valence-corrected chi connectivity index (χ0v) is 19.1. The van der Waals surface area contributed by atoms with Gasteiger partial charge >= 0.3 is 0 Å². The quantitative estimate of drug-likeness (QED) is 0.763. The second-order valence-electron chi connectivity index (χ2n) is 9.17. The smallest absolute Gasteiger partial charge is 0.243 e. The second-order valence-corrected chi connectivity index (χ2v) is 10.0. The van der Waals surface area contributed by atoms with E-state index in [1.165, 1.54) is 0 Å². The van der Waals surface area contributed by atoms with E-state index in [0.29, 0.717) is 6.54 Å². The molecule has 1 aliphatic heterocycles. The van der Waals surface area contributed by atoms with Gasteiger partial charge < -0.3 is 15.3 Å². The highest BCUT2D eigenvalue weighted by molar-refractivity contribution is 7.13. The molecule has 6 nitrogen and oxygen atoms in total. The Hall–Kier alpha value is -2.25. The number of nitrogens with one attached hydrogen (secondary N) is 1. The maximum Gasteiger partial charge on any atom is 0.243 e. The first kappa shape index (κ1) is 22.4. The Labute approximate surface area is 182 Å². The molecule has 2 aromatic rings. The molecule has 0 aliphatic carbocycles. The van der Waals surface area contributed by atoms with Crippen LogP contribution in [0.3, 0.4) is 0 Å². The molecule has 0 radical (unpaired) electrons. The predicted octanol–water partition coefficient (Wildman–Crippen LogP) is 3.38. The summed E-state index contributed by atoms with van der Waals surface area (Å²) in [4.78, 5) is 32.7. The van der Waals surface area contributed by atoms with Crippen LogP contribution in [0.2, 0.25) is 0 Å². The zero-order chi connectivity index (χ0) is 22.1. The minimum Gasteiger partial charge on any atom is -0.391 e. The van der Waals surface area contributed by atoms with Gasteiger partial charge in [0.1, 0.15) is 6.04 Å². The van der Waals surface area contributed by atoms with Gasteiger partial charge in [0.15, 0.2) is 0 Å². The lowest BCUT2D eigenvalue weighted by atomic mass is 9.81. The number of carbonyl (C=O) groups excluding carboxylic acids is 2. The lowest BCUT2D eigenvalue weighted by Crippen LogP contribution is -2.49. The molecule has 1 aromatic carbocycles. The SMILES string of the molecule is Cc1ncsc1-c1ccc(CNC(=O)[C@H]2C[C@@H](O)CN2C(=O)C(C)C(C)(C)C)cc1. The Kier molecular flexibility index (Phi) is 6.62. The van der Waals surface area contributed by atoms with Gasteiger partial charge in [-0.15, -0.1) is 11.3 Å². The molecular formula is C23H31N3O3S. The molecule has 0 bridgehead atoms. The average Bonchev–Trinajstić information content (AvgIpc) is 3.30. The lowest BCUT2D eigenvalue weighted by Gasteiger charge is -2.32. The van der Waals surface area contributed by atoms with Gasteiger partial charge in [-0.2, -0.15) is 0 Å². The first-order valence-electron chi connectivity index (χ1n) is 10.3. The number of aryl methyl sites for hydroxylation is 1. The van der Waals surface area contributed by atoms with Crippen molar-refractivity contribution >= 4 is 23.2 Å². The monoisotopic (exact) mass is 429 g/mol. The Bertz CT molecular complexity index is 901. The number of β-amino-alcohol motifs (C(OH)–C–C–N with tert-alkyl or cyclic N) is 1. The summed E-state index contributed by atoms with van der Waals surface area (Å²) in [6.45, 7) is 10.5. The highest BCUT2D eigenvalue weighted by Gasteiger charge is 2.42. The molecule has 3 rings (SSSR count). The number of aliphatic hydroxyl groups is 1. The number of thiazole rings is 1. The maximum atomic E-state index is 12.9. The van der Waals surface area contributed by atoms with Crippen LogP contribution in [0, 0.1) is 18.3 Å². The Morgan fingerprint density at radius 2 is 1.97 bits per heavy atom. The molecule has 0 spiro atoms. The van der Waals surface area contributed by atoms with E-state index < -0.39 is 12.1 Å². The van der Waals surface area contributed by atoms with Gasteiger partial charge in [-0.25, -0.2) is 4.98 Å². The summed E-state index contributed by atoms with van der Waals surface area (Å²) in [7, 11) is 0. The Morgan fingerprint density at radius 1 is 1.30 bits per heavy atom. The molecule has 0 saturated carbocycles. The van der Waals surface area contributed by atoms with Gasteiger partial charge in [0, 0.05) is 25.4 Å². The summed E-state index contributed by atoms with van der Waals surface area (Å²) in [5.41, 5.74) is 4.73. The van der Waals surface area contributed by atoms with Gasteiger partial charge in [0.2, 0.25) is 11.8 Å². The van der Waals surface area contributed by atoms with Crippen LogP contribution in [0.25, 0.3) is 10.4 Å². The van der Waals surface area contributed by atoms with Crippen molar-refractivity contribution in [1.29, 1.82) is 0 Å². The highest BCUT2D eigenvalue weighted by atomic mass is 32.1. The van der Waals surface area contributed by atoms with E-state index in [1.807, 2.05) is 64.4 Å². The van der Waals surface area contributed by atoms with Crippen molar-refractivity contribution in [2.75, 3.05) is 6.54 Å². The van der Waals surface area contributed by atoms with Crippen LogP contribution in [0.5, 0.6) is 0 Å². The van der Waals surface area contributed by atoms with E-state index in [9.17, 15) is 14.7 Å². The van der Waals surface area contributed by atoms with Crippen molar-refractivity contribution in [3.05, 3.63) is 41.0 Å². The number of benzene rings is 1. The number of nitrogens with zero attached hydrogens (tertiary/aromatic N) is 2. The van der Waals surface area contributed by atoms with Gasteiger partial charge in [-0.05, 0) is 23.5 Å². The molecule has 2 heterocycles. The summed E-state index contributed by atoms with van der Waals surface area (Å²) < 4.78 is 0. The van der Waals surface area contributed by atoms with Crippen molar-refractivity contribution in [2.24, 2.45) is 11.3 Å². The Balaban J connectivity index is 1.63. The maximum absolute atomic E-state index is 12.9. The van der Waals surface area contributed by atoms with Gasteiger partial charge in [-0.3, -0.25) is 9.59 Å². The van der Waals surface area contributed by atoms with Crippen LogP contribution in [-0.2, 0) is 16.1 Å². The van der Waals surface area contributed by atoms with E-state index in [0.717, 1.165) is 21.7 Å². The molecule has 7 heteroatoms. The van der Waals surface area contributed by atoms with Crippen LogP contribution in [0.15, 0.2) is 29.8 Å². The Morgan fingerprint density at radius 3 is 2.53 bits per heavy atom. The standard InChI is InChI=1S/C23H31N3O3S/c1-14(23(3,4)5)22(29)26-12-18(27)10-19(26)21(28)24-11-16-6-8-17(9-7-16)20-15(2)25-13-30-20/h6-9,13-14,18-19,27H,10-12H2,1-5H3,(H,24,28)/t14?,18-,19-/m1/s1. The summed E-state index contributed by atoms with van der Waals surface area (Å²) in [6.07, 6.45) is -0.392. The molecule has 30 heavy (non-hydrogen) atoms. The minimum absolute atomic E-state index is 0.0801. The van der Waals surface area contributed by atoms with E-state index >= 15 is 0 Å². The fourth-order valence-corrected chi connectivity index (χ4v) is 4.40. The predicted molar refractivity (Wildman–Crippen MR) is 119 cm³/mol. The zero-order valence-electron chi connectivity index (χ0n) is 18.3. The summed E-state index contributed by atoms with van der Waals surface area (Å²) in [5, 5.41) is 13.0. The molecule has 3 atom stereocenters. The molecule has 1 saturated heterocycles. The van der Waals surface area contributed by atoms with Crippen molar-refractivity contribution < 1.29 is 14.7 Å². The first-order chi connectivity index (χ1) is 14.1. The van der Waals surface area contributed by atoms with Gasteiger partial charge in [-0.1, -0.05) is 52.0 Å². The topological polar surface area (TPSA) is 82.5 Å². The van der Waals surface area contributed by atoms with E-state index in [-0.39, 0.29) is 36.1 Å². The molecule has 2 amide bonds. The third-order valence-corrected chi connectivity index (χ3v) is 6.94. The molecule has 1 aromatic heterocycles. The van der Waals surface area contributed by atoms with Crippen molar-refractivity contribution in [2.45, 2.75) is 59.7 Å². The molecule has 1 unspecified atom stereocenters. The number of carbonyl (C=O) groups is 2. The number of hydrogen-bond acceptors (Lipinski definition) is 5. The van der Waals surface area contributed by atoms with E-state index in [2.05, 4.69) is 10.3 Å². The fourth-order valence-electron chi connectivity index (χ4n) is 3.58. The summed E-state index contributed by atoms with van der Waals surface area (Å²) in [5.74, 6) is -0.535.